The molecule has 3 rings (SSSR count). The SMILES string of the molecule is Clc1ccc(N2CCC(C3CNC3)CC2)cc1. The fourth-order valence-corrected chi connectivity index (χ4v) is 3.05. The van der Waals surface area contributed by atoms with Crippen LogP contribution in [0.2, 0.25) is 5.02 Å². The highest BCUT2D eigenvalue weighted by Gasteiger charge is 2.30. The fraction of sp³-hybridized carbons (Fsp3) is 0.571. The van der Waals surface area contributed by atoms with E-state index in [9.17, 15) is 0 Å². The van der Waals surface area contributed by atoms with E-state index in [0.29, 0.717) is 0 Å². The molecule has 2 fully saturated rings. The lowest BCUT2D eigenvalue weighted by atomic mass is 9.81. The van der Waals surface area contributed by atoms with Gasteiger partial charge in [-0.05, 0) is 62.0 Å². The van der Waals surface area contributed by atoms with E-state index in [1.54, 1.807) is 0 Å². The van der Waals surface area contributed by atoms with Crippen molar-refractivity contribution in [3.05, 3.63) is 29.3 Å². The van der Waals surface area contributed by atoms with Gasteiger partial charge in [-0.1, -0.05) is 11.6 Å². The number of hydrogen-bond acceptors (Lipinski definition) is 2. The highest BCUT2D eigenvalue weighted by atomic mass is 35.5. The summed E-state index contributed by atoms with van der Waals surface area (Å²) in [6, 6.07) is 8.23. The van der Waals surface area contributed by atoms with Crippen molar-refractivity contribution in [2.45, 2.75) is 12.8 Å². The summed E-state index contributed by atoms with van der Waals surface area (Å²) in [6.45, 7) is 4.88. The normalized spacial score (nSPS) is 22.5. The molecule has 1 N–H and O–H groups in total. The number of piperidine rings is 1. The minimum atomic E-state index is 0.823. The molecule has 92 valence electrons. The standard InChI is InChI=1S/C14H19ClN2/c15-13-1-3-14(4-2-13)17-7-5-11(6-8-17)12-9-16-10-12/h1-4,11-12,16H,5-10H2. The van der Waals surface area contributed by atoms with E-state index in [1.165, 1.54) is 44.7 Å². The number of nitrogens with one attached hydrogen (secondary N) is 1. The molecule has 0 aliphatic carbocycles. The number of halogens is 1. The minimum Gasteiger partial charge on any atom is -0.372 e. The Kier molecular flexibility index (Phi) is 3.26. The Morgan fingerprint density at radius 1 is 1.00 bits per heavy atom. The van der Waals surface area contributed by atoms with Crippen molar-refractivity contribution in [2.75, 3.05) is 31.1 Å². The predicted octanol–water partition coefficient (Wildman–Crippen LogP) is 2.78. The van der Waals surface area contributed by atoms with Crippen LogP contribution in [0.25, 0.3) is 0 Å². The van der Waals surface area contributed by atoms with Gasteiger partial charge in [0.05, 0.1) is 0 Å². The molecule has 1 aromatic carbocycles. The molecule has 2 nitrogen and oxygen atoms in total. The fourth-order valence-electron chi connectivity index (χ4n) is 2.93. The Labute approximate surface area is 108 Å². The van der Waals surface area contributed by atoms with E-state index >= 15 is 0 Å². The maximum absolute atomic E-state index is 5.92. The van der Waals surface area contributed by atoms with Crippen LogP contribution in [0.5, 0.6) is 0 Å². The Morgan fingerprint density at radius 2 is 1.65 bits per heavy atom. The molecule has 2 saturated heterocycles. The molecule has 1 aromatic rings. The zero-order valence-corrected chi connectivity index (χ0v) is 10.8. The summed E-state index contributed by atoms with van der Waals surface area (Å²) in [7, 11) is 0. The van der Waals surface area contributed by atoms with Gasteiger partial charge in [0, 0.05) is 23.8 Å². The van der Waals surface area contributed by atoms with Crippen molar-refractivity contribution in [1.29, 1.82) is 0 Å². The van der Waals surface area contributed by atoms with Gasteiger partial charge >= 0.3 is 0 Å². The number of hydrogen-bond donors (Lipinski definition) is 1. The van der Waals surface area contributed by atoms with Crippen molar-refractivity contribution >= 4 is 17.3 Å². The third-order valence-electron chi connectivity index (χ3n) is 4.21. The van der Waals surface area contributed by atoms with Crippen LogP contribution >= 0.6 is 11.6 Å². The van der Waals surface area contributed by atoms with Gasteiger partial charge in [0.25, 0.3) is 0 Å². The first-order valence-electron chi connectivity index (χ1n) is 6.54. The average Bonchev–Trinajstić information content (AvgIpc) is 2.29. The van der Waals surface area contributed by atoms with Gasteiger partial charge in [-0.15, -0.1) is 0 Å². The van der Waals surface area contributed by atoms with E-state index in [1.807, 2.05) is 12.1 Å². The molecule has 2 aliphatic heterocycles. The maximum Gasteiger partial charge on any atom is 0.0407 e. The minimum absolute atomic E-state index is 0.823. The van der Waals surface area contributed by atoms with Crippen LogP contribution < -0.4 is 10.2 Å². The van der Waals surface area contributed by atoms with Crippen LogP contribution in [0.4, 0.5) is 5.69 Å². The number of anilines is 1. The van der Waals surface area contributed by atoms with E-state index in [0.717, 1.165) is 16.9 Å². The second-order valence-corrected chi connectivity index (χ2v) is 5.66. The second kappa shape index (κ2) is 4.87. The average molecular weight is 251 g/mol. The molecule has 0 amide bonds. The molecule has 0 spiro atoms. The zero-order chi connectivity index (χ0) is 11.7. The summed E-state index contributed by atoms with van der Waals surface area (Å²) in [5.74, 6) is 1.89. The molecule has 0 unspecified atom stereocenters. The van der Waals surface area contributed by atoms with Crippen LogP contribution in [-0.2, 0) is 0 Å². The largest absolute Gasteiger partial charge is 0.372 e. The summed E-state index contributed by atoms with van der Waals surface area (Å²) in [6.07, 6.45) is 2.68. The van der Waals surface area contributed by atoms with Crippen LogP contribution in [0.3, 0.4) is 0 Å². The Bertz CT molecular complexity index is 364. The molecule has 0 bridgehead atoms. The van der Waals surface area contributed by atoms with Crippen molar-refractivity contribution in [3.63, 3.8) is 0 Å². The Balaban J connectivity index is 1.58. The first kappa shape index (κ1) is 11.4. The lowest BCUT2D eigenvalue weighted by Crippen LogP contribution is -2.49. The summed E-state index contributed by atoms with van der Waals surface area (Å²) in [5, 5.41) is 4.20. The molecule has 0 radical (unpaired) electrons. The third kappa shape index (κ3) is 2.43. The Hall–Kier alpha value is -0.730. The van der Waals surface area contributed by atoms with E-state index in [-0.39, 0.29) is 0 Å². The Morgan fingerprint density at radius 3 is 2.18 bits per heavy atom. The molecular formula is C14H19ClN2. The lowest BCUT2D eigenvalue weighted by Gasteiger charge is -2.41. The molecular weight excluding hydrogens is 232 g/mol. The number of nitrogens with zero attached hydrogens (tertiary/aromatic N) is 1. The van der Waals surface area contributed by atoms with Gasteiger partial charge in [0.1, 0.15) is 0 Å². The van der Waals surface area contributed by atoms with Crippen molar-refractivity contribution in [2.24, 2.45) is 11.8 Å². The highest BCUT2D eigenvalue weighted by Crippen LogP contribution is 2.30. The first-order valence-corrected chi connectivity index (χ1v) is 6.92. The molecule has 3 heteroatoms. The van der Waals surface area contributed by atoms with E-state index in [4.69, 9.17) is 11.6 Å². The van der Waals surface area contributed by atoms with E-state index in [2.05, 4.69) is 22.3 Å². The van der Waals surface area contributed by atoms with Crippen LogP contribution in [-0.4, -0.2) is 26.2 Å². The van der Waals surface area contributed by atoms with Gasteiger partial charge in [-0.25, -0.2) is 0 Å². The molecule has 2 aliphatic rings. The summed E-state index contributed by atoms with van der Waals surface area (Å²) in [4.78, 5) is 2.49. The van der Waals surface area contributed by atoms with Crippen LogP contribution in [0, 0.1) is 11.8 Å². The van der Waals surface area contributed by atoms with E-state index < -0.39 is 0 Å². The quantitative estimate of drug-likeness (QED) is 0.869. The topological polar surface area (TPSA) is 15.3 Å². The van der Waals surface area contributed by atoms with Gasteiger partial charge in [0.2, 0.25) is 0 Å². The first-order chi connectivity index (χ1) is 8.33. The van der Waals surface area contributed by atoms with Gasteiger partial charge in [-0.3, -0.25) is 0 Å². The van der Waals surface area contributed by atoms with Gasteiger partial charge < -0.3 is 10.2 Å². The summed E-state index contributed by atoms with van der Waals surface area (Å²) >= 11 is 5.92. The lowest BCUT2D eigenvalue weighted by molar-refractivity contribution is 0.200. The molecule has 17 heavy (non-hydrogen) atoms. The maximum atomic E-state index is 5.92. The zero-order valence-electron chi connectivity index (χ0n) is 10.0. The monoisotopic (exact) mass is 250 g/mol. The molecule has 0 aromatic heterocycles. The molecule has 0 atom stereocenters. The van der Waals surface area contributed by atoms with Crippen molar-refractivity contribution in [3.8, 4) is 0 Å². The van der Waals surface area contributed by atoms with Crippen LogP contribution in [0.15, 0.2) is 24.3 Å². The van der Waals surface area contributed by atoms with Gasteiger partial charge in [-0.2, -0.15) is 0 Å². The smallest absolute Gasteiger partial charge is 0.0407 e. The summed E-state index contributed by atoms with van der Waals surface area (Å²) in [5.41, 5.74) is 1.32. The predicted molar refractivity (Wildman–Crippen MR) is 72.7 cm³/mol. The number of benzene rings is 1. The molecule has 0 saturated carbocycles. The molecule has 2 heterocycles. The van der Waals surface area contributed by atoms with Crippen molar-refractivity contribution < 1.29 is 0 Å². The van der Waals surface area contributed by atoms with Crippen LogP contribution in [0.1, 0.15) is 12.8 Å². The number of rotatable bonds is 2. The summed E-state index contributed by atoms with van der Waals surface area (Å²) < 4.78 is 0. The second-order valence-electron chi connectivity index (χ2n) is 5.22. The third-order valence-corrected chi connectivity index (χ3v) is 4.46. The van der Waals surface area contributed by atoms with Gasteiger partial charge in [0.15, 0.2) is 0 Å². The van der Waals surface area contributed by atoms with Crippen molar-refractivity contribution in [1.82, 2.24) is 5.32 Å². The highest BCUT2D eigenvalue weighted by molar-refractivity contribution is 6.30.